The third-order valence-corrected chi connectivity index (χ3v) is 10.3. The molecule has 1 aliphatic carbocycles. The molecule has 3 unspecified atom stereocenters. The van der Waals surface area contributed by atoms with Crippen molar-refractivity contribution in [1.82, 2.24) is 10.6 Å². The Balaban J connectivity index is 1.60. The van der Waals surface area contributed by atoms with Crippen molar-refractivity contribution in [3.63, 3.8) is 0 Å². The van der Waals surface area contributed by atoms with E-state index >= 15 is 0 Å². The molecule has 0 radical (unpaired) electrons. The van der Waals surface area contributed by atoms with Crippen LogP contribution in [0.2, 0.25) is 5.02 Å². The number of hydrogen-bond donors (Lipinski definition) is 2. The van der Waals surface area contributed by atoms with Crippen LogP contribution in [0.25, 0.3) is 0 Å². The number of hydrogen-bond acceptors (Lipinski definition) is 4. The molecule has 7 heteroatoms. The van der Waals surface area contributed by atoms with Gasteiger partial charge in [-0.05, 0) is 96.3 Å². The van der Waals surface area contributed by atoms with Gasteiger partial charge in [0.2, 0.25) is 5.91 Å². The molecule has 4 rings (SSSR count). The van der Waals surface area contributed by atoms with Gasteiger partial charge in [-0.3, -0.25) is 9.59 Å². The summed E-state index contributed by atoms with van der Waals surface area (Å²) < 4.78 is 6.00. The number of carbonyl (C=O) groups is 2. The third-order valence-electron chi connectivity index (χ3n) is 10.1. The number of nitrogens with one attached hydrogen (secondary N) is 2. The van der Waals surface area contributed by atoms with Crippen LogP contribution in [0, 0.1) is 24.2 Å². The Morgan fingerprint density at radius 2 is 1.68 bits per heavy atom. The van der Waals surface area contributed by atoms with E-state index in [1.165, 1.54) is 19.3 Å². The highest BCUT2D eigenvalue weighted by Crippen LogP contribution is 2.46. The highest BCUT2D eigenvalue weighted by atomic mass is 35.5. The van der Waals surface area contributed by atoms with Crippen LogP contribution in [0.15, 0.2) is 12.1 Å². The first-order chi connectivity index (χ1) is 19.1. The van der Waals surface area contributed by atoms with Crippen LogP contribution in [-0.4, -0.2) is 49.2 Å². The van der Waals surface area contributed by atoms with Gasteiger partial charge in [0.1, 0.15) is 0 Å². The number of piperidine rings is 1. The van der Waals surface area contributed by atoms with Crippen LogP contribution >= 0.6 is 11.6 Å². The lowest BCUT2D eigenvalue weighted by Crippen LogP contribution is -2.61. The summed E-state index contributed by atoms with van der Waals surface area (Å²) in [7, 11) is 0. The van der Waals surface area contributed by atoms with Crippen molar-refractivity contribution in [3.05, 3.63) is 28.3 Å². The van der Waals surface area contributed by atoms with E-state index in [1.54, 1.807) is 6.07 Å². The van der Waals surface area contributed by atoms with E-state index in [-0.39, 0.29) is 41.9 Å². The van der Waals surface area contributed by atoms with Gasteiger partial charge >= 0.3 is 0 Å². The average Bonchev–Trinajstić information content (AvgIpc) is 2.85. The van der Waals surface area contributed by atoms with Crippen LogP contribution < -0.4 is 15.5 Å². The van der Waals surface area contributed by atoms with Gasteiger partial charge in [0, 0.05) is 41.4 Å². The quantitative estimate of drug-likeness (QED) is 0.366. The van der Waals surface area contributed by atoms with E-state index in [2.05, 4.69) is 50.2 Å². The Hall–Kier alpha value is -1.79. The standard InChI is InChI=1S/C33H52ClN3O3/c1-7-37(28-16-23(4)40-24(5)17-28)30-19-27(34)18-29(25(30)6)31(38)35-20-33(21(2)15-22(3)36-32(33)39)26-13-11-9-8-10-12-14-26/h18-19,21-24,26,28H,7-17,20H2,1-6H3,(H,35,38)(H,36,39)/t21?,22?,23-,24+,28-,33?. The van der Waals surface area contributed by atoms with Crippen molar-refractivity contribution >= 4 is 29.1 Å². The van der Waals surface area contributed by atoms with E-state index < -0.39 is 5.41 Å². The van der Waals surface area contributed by atoms with Crippen LogP contribution in [0.3, 0.4) is 0 Å². The highest BCUT2D eigenvalue weighted by molar-refractivity contribution is 6.31. The maximum Gasteiger partial charge on any atom is 0.251 e. The number of amides is 2. The summed E-state index contributed by atoms with van der Waals surface area (Å²) in [5.41, 5.74) is 1.96. The van der Waals surface area contributed by atoms with Gasteiger partial charge < -0.3 is 20.3 Å². The zero-order valence-electron chi connectivity index (χ0n) is 25.7. The molecule has 6 nitrogen and oxygen atoms in total. The number of carbonyl (C=O) groups excluding carboxylic acids is 2. The van der Waals surface area contributed by atoms with E-state index in [4.69, 9.17) is 16.3 Å². The van der Waals surface area contributed by atoms with Crippen LogP contribution in [0.4, 0.5) is 5.69 Å². The lowest BCUT2D eigenvalue weighted by atomic mass is 9.59. The topological polar surface area (TPSA) is 70.7 Å². The molecule has 2 heterocycles. The van der Waals surface area contributed by atoms with E-state index in [0.29, 0.717) is 23.2 Å². The summed E-state index contributed by atoms with van der Waals surface area (Å²) in [5.74, 6) is 0.452. The van der Waals surface area contributed by atoms with E-state index in [0.717, 1.165) is 62.7 Å². The predicted molar refractivity (Wildman–Crippen MR) is 164 cm³/mol. The summed E-state index contributed by atoms with van der Waals surface area (Å²) in [5, 5.41) is 7.09. The van der Waals surface area contributed by atoms with Crippen molar-refractivity contribution in [2.45, 2.75) is 130 Å². The van der Waals surface area contributed by atoms with Gasteiger partial charge in [0.25, 0.3) is 5.91 Å². The molecule has 2 saturated heterocycles. The Labute approximate surface area is 247 Å². The summed E-state index contributed by atoms with van der Waals surface area (Å²) >= 11 is 6.66. The first kappa shape index (κ1) is 31.2. The molecule has 3 aliphatic rings. The van der Waals surface area contributed by atoms with Gasteiger partial charge in [0.15, 0.2) is 0 Å². The molecule has 2 N–H and O–H groups in total. The Bertz CT molecular complexity index is 1030. The van der Waals surface area contributed by atoms with E-state index in [9.17, 15) is 9.59 Å². The highest BCUT2D eigenvalue weighted by Gasteiger charge is 2.52. The Morgan fingerprint density at radius 1 is 1.05 bits per heavy atom. The second-order valence-electron chi connectivity index (χ2n) is 13.0. The fraction of sp³-hybridized carbons (Fsp3) is 0.758. The summed E-state index contributed by atoms with van der Waals surface area (Å²) in [6, 6.07) is 4.27. The number of halogens is 1. The summed E-state index contributed by atoms with van der Waals surface area (Å²) in [6.07, 6.45) is 11.4. The minimum atomic E-state index is -0.585. The molecule has 2 aliphatic heterocycles. The van der Waals surface area contributed by atoms with E-state index in [1.807, 2.05) is 13.0 Å². The van der Waals surface area contributed by atoms with Crippen molar-refractivity contribution in [2.24, 2.45) is 17.3 Å². The molecule has 3 fully saturated rings. The lowest BCUT2D eigenvalue weighted by Gasteiger charge is -2.49. The molecule has 2 amide bonds. The number of benzene rings is 1. The van der Waals surface area contributed by atoms with Crippen LogP contribution in [0.5, 0.6) is 0 Å². The smallest absolute Gasteiger partial charge is 0.251 e. The largest absolute Gasteiger partial charge is 0.375 e. The fourth-order valence-electron chi connectivity index (χ4n) is 8.11. The summed E-state index contributed by atoms with van der Waals surface area (Å²) in [4.78, 5) is 30.1. The second-order valence-corrected chi connectivity index (χ2v) is 13.5. The molecule has 0 spiro atoms. The number of rotatable bonds is 7. The molecular weight excluding hydrogens is 522 g/mol. The van der Waals surface area contributed by atoms with Crippen molar-refractivity contribution in [2.75, 3.05) is 18.0 Å². The lowest BCUT2D eigenvalue weighted by molar-refractivity contribution is -0.144. The normalized spacial score (nSPS) is 32.1. The van der Waals surface area contributed by atoms with Crippen LogP contribution in [0.1, 0.15) is 115 Å². The summed E-state index contributed by atoms with van der Waals surface area (Å²) in [6.45, 7) is 14.0. The second kappa shape index (κ2) is 13.5. The zero-order chi connectivity index (χ0) is 29.0. The van der Waals surface area contributed by atoms with Crippen molar-refractivity contribution < 1.29 is 14.3 Å². The van der Waals surface area contributed by atoms with Crippen molar-refractivity contribution in [1.29, 1.82) is 0 Å². The van der Waals surface area contributed by atoms with Gasteiger partial charge in [-0.15, -0.1) is 0 Å². The van der Waals surface area contributed by atoms with Gasteiger partial charge in [-0.2, -0.15) is 0 Å². The first-order valence-electron chi connectivity index (χ1n) is 15.9. The Morgan fingerprint density at radius 3 is 2.27 bits per heavy atom. The van der Waals surface area contributed by atoms with Crippen LogP contribution in [-0.2, 0) is 9.53 Å². The molecule has 1 saturated carbocycles. The SMILES string of the molecule is CCN(c1cc(Cl)cc(C(=O)NCC2(C3CCCCCCC3)C(=O)NC(C)CC2C)c1C)[C@@H]1C[C@@H](C)O[C@@H](C)C1. The number of anilines is 1. The molecule has 1 aromatic carbocycles. The number of ether oxygens (including phenoxy) is 1. The minimum absolute atomic E-state index is 0.119. The maximum atomic E-state index is 13.9. The van der Waals surface area contributed by atoms with Gasteiger partial charge in [-0.25, -0.2) is 0 Å². The molecular formula is C33H52ClN3O3. The Kier molecular flexibility index (Phi) is 10.5. The van der Waals surface area contributed by atoms with Gasteiger partial charge in [0.05, 0.1) is 17.6 Å². The predicted octanol–water partition coefficient (Wildman–Crippen LogP) is 7.05. The molecule has 0 aromatic heterocycles. The third kappa shape index (κ3) is 6.64. The molecule has 224 valence electrons. The molecule has 1 aromatic rings. The molecule has 40 heavy (non-hydrogen) atoms. The fourth-order valence-corrected chi connectivity index (χ4v) is 8.32. The number of nitrogens with zero attached hydrogens (tertiary/aromatic N) is 1. The molecule has 0 bridgehead atoms. The van der Waals surface area contributed by atoms with Crippen molar-refractivity contribution in [3.8, 4) is 0 Å². The minimum Gasteiger partial charge on any atom is -0.375 e. The maximum absolute atomic E-state index is 13.9. The monoisotopic (exact) mass is 573 g/mol. The zero-order valence-corrected chi connectivity index (χ0v) is 26.4. The molecule has 6 atom stereocenters. The average molecular weight is 574 g/mol. The first-order valence-corrected chi connectivity index (χ1v) is 16.3. The van der Waals surface area contributed by atoms with Gasteiger partial charge in [-0.1, -0.05) is 50.6 Å².